The van der Waals surface area contributed by atoms with Gasteiger partial charge in [0.1, 0.15) is 4.70 Å². The first-order valence-corrected chi connectivity index (χ1v) is 10.2. The Bertz CT molecular complexity index is 973. The van der Waals surface area contributed by atoms with E-state index in [1.807, 2.05) is 0 Å². The van der Waals surface area contributed by atoms with Crippen LogP contribution < -0.4 is 32.4 Å². The summed E-state index contributed by atoms with van der Waals surface area (Å²) in [6.45, 7) is 3.82. The highest BCUT2D eigenvalue weighted by Crippen LogP contribution is 2.19. The van der Waals surface area contributed by atoms with E-state index < -0.39 is 10.1 Å². The predicted molar refractivity (Wildman–Crippen MR) is 99.3 cm³/mol. The highest BCUT2D eigenvalue weighted by molar-refractivity contribution is 7.85. The Morgan fingerprint density at radius 2 is 1.81 bits per heavy atom. The number of nitrogens with zero attached hydrogens (tertiary/aromatic N) is 1. The van der Waals surface area contributed by atoms with Gasteiger partial charge in [0.05, 0.1) is 4.90 Å². The number of nitrogens with one attached hydrogen (secondary N) is 2. The molecule has 0 spiro atoms. The zero-order chi connectivity index (χ0) is 17.9. The molecule has 0 fully saturated rings. The van der Waals surface area contributed by atoms with Gasteiger partial charge in [-0.1, -0.05) is 23.5 Å². The molecule has 0 amide bonds. The van der Waals surface area contributed by atoms with Crippen LogP contribution in [0.1, 0.15) is 11.4 Å². The summed E-state index contributed by atoms with van der Waals surface area (Å²) in [5.41, 5.74) is 8.14. The molecule has 140 valence electrons. The second-order valence-electron chi connectivity index (χ2n) is 5.65. The molecule has 0 saturated heterocycles. The highest BCUT2D eigenvalue weighted by Gasteiger charge is 2.15. The number of aromatic nitrogens is 1. The lowest BCUT2D eigenvalue weighted by molar-refractivity contribution is -0.673. The van der Waals surface area contributed by atoms with E-state index in [4.69, 9.17) is 4.55 Å². The molecule has 0 saturated carbocycles. The second-order valence-corrected chi connectivity index (χ2v) is 8.30. The molecule has 1 aromatic heterocycles. The fourth-order valence-electron chi connectivity index (χ4n) is 2.63. The fraction of sp³-hybridized carbons (Fsp3) is 0.235. The molecule has 3 N–H and O–H groups in total. The number of para-hydroxylation sites is 1. The minimum atomic E-state index is -4.15. The third-order valence-corrected chi connectivity index (χ3v) is 5.81. The van der Waals surface area contributed by atoms with Crippen molar-refractivity contribution in [2.45, 2.75) is 24.8 Å². The molecule has 9 heteroatoms. The van der Waals surface area contributed by atoms with Gasteiger partial charge in [0, 0.05) is 31.6 Å². The molecule has 0 unspecified atom stereocenters. The van der Waals surface area contributed by atoms with E-state index in [1.54, 1.807) is 23.5 Å². The summed E-state index contributed by atoms with van der Waals surface area (Å²) >= 11 is 1.80. The Labute approximate surface area is 167 Å². The number of halogens is 1. The molecule has 3 aromatic rings. The summed E-state index contributed by atoms with van der Waals surface area (Å²) in [6.07, 6.45) is 0.947. The van der Waals surface area contributed by atoms with Crippen LogP contribution in [0.5, 0.6) is 0 Å². The summed E-state index contributed by atoms with van der Waals surface area (Å²) in [7, 11) is -4.15. The van der Waals surface area contributed by atoms with E-state index in [0.717, 1.165) is 25.2 Å². The highest BCUT2D eigenvalue weighted by atomic mass is 79.9. The van der Waals surface area contributed by atoms with Crippen molar-refractivity contribution in [1.82, 2.24) is 5.43 Å². The van der Waals surface area contributed by atoms with E-state index in [0.29, 0.717) is 0 Å². The molecular weight excluding hydrogens is 438 g/mol. The Morgan fingerprint density at radius 3 is 2.50 bits per heavy atom. The molecule has 0 bridgehead atoms. The summed E-state index contributed by atoms with van der Waals surface area (Å²) in [5.74, 6) is 0. The number of rotatable bonds is 7. The molecule has 0 atom stereocenters. The quantitative estimate of drug-likeness (QED) is 0.197. The van der Waals surface area contributed by atoms with E-state index in [2.05, 4.69) is 46.6 Å². The van der Waals surface area contributed by atoms with Gasteiger partial charge in [-0.2, -0.15) is 13.0 Å². The molecule has 0 radical (unpaired) electrons. The lowest BCUT2D eigenvalue weighted by atomic mass is 10.3. The van der Waals surface area contributed by atoms with Crippen LogP contribution in [-0.4, -0.2) is 19.5 Å². The number of fused-ring (bicyclic) bond motifs is 1. The molecule has 3 rings (SSSR count). The van der Waals surface area contributed by atoms with Gasteiger partial charge in [-0.05, 0) is 30.3 Å². The van der Waals surface area contributed by atoms with Crippen LogP contribution in [0.15, 0.2) is 53.4 Å². The standard InChI is InChI=1S/C17H19N3O3S2.BrH/c1-13-20(16-5-2-3-6-17(16)24-13)12-4-11-18-19-14-7-9-15(10-8-14)25(21,22)23;/h2-3,5-10,18-19H,4,11-12H2,1H3;1H. The van der Waals surface area contributed by atoms with Gasteiger partial charge in [0.15, 0.2) is 6.54 Å². The van der Waals surface area contributed by atoms with E-state index >= 15 is 0 Å². The topological polar surface area (TPSA) is 82.3 Å². The lowest BCUT2D eigenvalue weighted by Crippen LogP contribution is -3.00. The summed E-state index contributed by atoms with van der Waals surface area (Å²) in [6, 6.07) is 14.3. The van der Waals surface area contributed by atoms with Gasteiger partial charge in [-0.25, -0.2) is 5.43 Å². The van der Waals surface area contributed by atoms with Crippen molar-refractivity contribution in [3.05, 3.63) is 53.5 Å². The van der Waals surface area contributed by atoms with Crippen LogP contribution in [-0.2, 0) is 16.7 Å². The summed E-state index contributed by atoms with van der Waals surface area (Å²) in [4.78, 5) is -0.116. The molecule has 6 nitrogen and oxygen atoms in total. The first-order valence-electron chi connectivity index (χ1n) is 7.89. The molecule has 0 aliphatic carbocycles. The first-order chi connectivity index (χ1) is 11.9. The lowest BCUT2D eigenvalue weighted by Gasteiger charge is -2.08. The summed E-state index contributed by atoms with van der Waals surface area (Å²) < 4.78 is 34.6. The first kappa shape index (κ1) is 20.8. The Balaban J connectivity index is 0.00000243. The van der Waals surface area contributed by atoms with Crippen molar-refractivity contribution >= 4 is 37.4 Å². The Morgan fingerprint density at radius 1 is 1.12 bits per heavy atom. The number of benzene rings is 2. The summed E-state index contributed by atoms with van der Waals surface area (Å²) in [5, 5.41) is 1.29. The smallest absolute Gasteiger partial charge is 0.294 e. The zero-order valence-corrected chi connectivity index (χ0v) is 17.4. The van der Waals surface area contributed by atoms with Crippen molar-refractivity contribution in [2.75, 3.05) is 12.0 Å². The van der Waals surface area contributed by atoms with E-state index in [9.17, 15) is 8.42 Å². The Hall–Kier alpha value is -1.52. The van der Waals surface area contributed by atoms with Gasteiger partial charge < -0.3 is 22.4 Å². The zero-order valence-electron chi connectivity index (χ0n) is 14.1. The van der Waals surface area contributed by atoms with Crippen LogP contribution in [0.25, 0.3) is 10.2 Å². The molecule has 0 aliphatic rings. The van der Waals surface area contributed by atoms with Crippen molar-refractivity contribution in [3.63, 3.8) is 0 Å². The van der Waals surface area contributed by atoms with Crippen LogP contribution in [0.3, 0.4) is 0 Å². The number of hydrazine groups is 1. The van der Waals surface area contributed by atoms with Crippen LogP contribution >= 0.6 is 11.3 Å². The normalized spacial score (nSPS) is 11.3. The van der Waals surface area contributed by atoms with Crippen LogP contribution in [0.2, 0.25) is 0 Å². The van der Waals surface area contributed by atoms with Gasteiger partial charge in [0.25, 0.3) is 10.1 Å². The fourth-order valence-corrected chi connectivity index (χ4v) is 4.16. The van der Waals surface area contributed by atoms with Crippen molar-refractivity contribution in [2.24, 2.45) is 0 Å². The molecule has 0 aliphatic heterocycles. The molecule has 1 heterocycles. The maximum absolute atomic E-state index is 11.0. The van der Waals surface area contributed by atoms with E-state index in [-0.39, 0.29) is 21.9 Å². The van der Waals surface area contributed by atoms with Gasteiger partial charge >= 0.3 is 0 Å². The minimum Gasteiger partial charge on any atom is -1.00 e. The van der Waals surface area contributed by atoms with Gasteiger partial charge in [-0.15, -0.1) is 0 Å². The van der Waals surface area contributed by atoms with Crippen molar-refractivity contribution in [3.8, 4) is 0 Å². The van der Waals surface area contributed by atoms with Gasteiger partial charge in [0.2, 0.25) is 10.5 Å². The average molecular weight is 458 g/mol. The number of hydrogen-bond donors (Lipinski definition) is 3. The van der Waals surface area contributed by atoms with Crippen LogP contribution in [0.4, 0.5) is 5.69 Å². The number of thiazole rings is 1. The second kappa shape index (κ2) is 8.92. The maximum atomic E-state index is 11.0. The predicted octanol–water partition coefficient (Wildman–Crippen LogP) is -0.245. The molecule has 26 heavy (non-hydrogen) atoms. The number of aryl methyl sites for hydroxylation is 2. The largest absolute Gasteiger partial charge is 1.00 e. The SMILES string of the molecule is Cc1sc2ccccc2[n+]1CCCNNc1ccc(S(=O)(=O)O)cc1.[Br-]. The molecular formula is C17H20BrN3O3S2. The third kappa shape index (κ3) is 5.01. The van der Waals surface area contributed by atoms with Crippen LogP contribution in [0, 0.1) is 6.92 Å². The van der Waals surface area contributed by atoms with Crippen molar-refractivity contribution in [1.29, 1.82) is 0 Å². The third-order valence-electron chi connectivity index (χ3n) is 3.86. The Kier molecular flexibility index (Phi) is 7.13. The van der Waals surface area contributed by atoms with E-state index in [1.165, 1.54) is 27.4 Å². The monoisotopic (exact) mass is 457 g/mol. The van der Waals surface area contributed by atoms with Crippen molar-refractivity contribution < 1.29 is 34.5 Å². The minimum absolute atomic E-state index is 0. The molecule has 2 aromatic carbocycles. The number of anilines is 1. The average Bonchev–Trinajstić information content (AvgIpc) is 2.90. The number of hydrogen-bond acceptors (Lipinski definition) is 5. The maximum Gasteiger partial charge on any atom is 0.294 e. The van der Waals surface area contributed by atoms with Gasteiger partial charge in [-0.3, -0.25) is 4.55 Å².